The fraction of sp³-hybridized carbons (Fsp3) is 0.231. The van der Waals surface area contributed by atoms with Crippen molar-refractivity contribution < 1.29 is 9.90 Å². The summed E-state index contributed by atoms with van der Waals surface area (Å²) in [4.78, 5) is 11.2. The maximum Gasteiger partial charge on any atom is 0.354 e. The molecule has 0 spiro atoms. The fourth-order valence-electron chi connectivity index (χ4n) is 1.61. The smallest absolute Gasteiger partial charge is 0.354 e. The predicted octanol–water partition coefficient (Wildman–Crippen LogP) is 3.46. The first kappa shape index (κ1) is 12.8. The van der Waals surface area contributed by atoms with Gasteiger partial charge in [0.2, 0.25) is 0 Å². The van der Waals surface area contributed by atoms with Gasteiger partial charge >= 0.3 is 5.97 Å². The molecule has 1 aromatic carbocycles. The van der Waals surface area contributed by atoms with Gasteiger partial charge in [-0.3, -0.25) is 0 Å². The van der Waals surface area contributed by atoms with E-state index in [1.165, 1.54) is 4.68 Å². The molecule has 0 fully saturated rings. The van der Waals surface area contributed by atoms with Crippen molar-refractivity contribution in [1.29, 1.82) is 0 Å². The van der Waals surface area contributed by atoms with E-state index in [2.05, 4.69) is 21.0 Å². The molecule has 0 aliphatic carbocycles. The Hall–Kier alpha value is -1.62. The number of rotatable bonds is 3. The van der Waals surface area contributed by atoms with Crippen LogP contribution in [0.25, 0.3) is 5.69 Å². The Morgan fingerprint density at radius 2 is 1.94 bits per heavy atom. The number of aromatic nitrogens is 2. The summed E-state index contributed by atoms with van der Waals surface area (Å²) in [6.07, 6.45) is 0. The SMILES string of the molecule is CC(C)c1cc(C(=O)O)n(-c2ccc(Br)cc2)n1. The van der Waals surface area contributed by atoms with Crippen LogP contribution in [-0.2, 0) is 0 Å². The lowest BCUT2D eigenvalue weighted by Crippen LogP contribution is -2.07. The van der Waals surface area contributed by atoms with Gasteiger partial charge in [-0.2, -0.15) is 5.10 Å². The fourth-order valence-corrected chi connectivity index (χ4v) is 1.88. The molecule has 0 radical (unpaired) electrons. The van der Waals surface area contributed by atoms with Crippen molar-refractivity contribution in [3.8, 4) is 5.69 Å². The molecule has 0 aliphatic heterocycles. The molecule has 1 N–H and O–H groups in total. The predicted molar refractivity (Wildman–Crippen MR) is 72.3 cm³/mol. The maximum atomic E-state index is 11.2. The zero-order chi connectivity index (χ0) is 13.3. The van der Waals surface area contributed by atoms with E-state index in [0.717, 1.165) is 15.9 Å². The van der Waals surface area contributed by atoms with E-state index in [9.17, 15) is 9.90 Å². The highest BCUT2D eigenvalue weighted by molar-refractivity contribution is 9.10. The number of carboxylic acid groups (broad SMARTS) is 1. The third-order valence-electron chi connectivity index (χ3n) is 2.61. The quantitative estimate of drug-likeness (QED) is 0.944. The maximum absolute atomic E-state index is 11.2. The van der Waals surface area contributed by atoms with Crippen molar-refractivity contribution in [2.45, 2.75) is 19.8 Å². The molecular formula is C13H13BrN2O2. The topological polar surface area (TPSA) is 55.1 Å². The number of carboxylic acids is 1. The zero-order valence-electron chi connectivity index (χ0n) is 10.1. The van der Waals surface area contributed by atoms with E-state index < -0.39 is 5.97 Å². The molecule has 0 saturated carbocycles. The second-order valence-electron chi connectivity index (χ2n) is 4.30. The third-order valence-corrected chi connectivity index (χ3v) is 3.14. The lowest BCUT2D eigenvalue weighted by atomic mass is 10.1. The van der Waals surface area contributed by atoms with Gasteiger partial charge in [-0.05, 0) is 36.2 Å². The first-order valence-electron chi connectivity index (χ1n) is 5.58. The van der Waals surface area contributed by atoms with Crippen molar-refractivity contribution in [1.82, 2.24) is 9.78 Å². The first-order chi connectivity index (χ1) is 8.49. The Morgan fingerprint density at radius 1 is 1.33 bits per heavy atom. The zero-order valence-corrected chi connectivity index (χ0v) is 11.7. The standard InChI is InChI=1S/C13H13BrN2O2/c1-8(2)11-7-12(13(17)18)16(15-11)10-5-3-9(14)4-6-10/h3-8H,1-2H3,(H,17,18). The van der Waals surface area contributed by atoms with E-state index in [1.54, 1.807) is 6.07 Å². The molecule has 0 atom stereocenters. The molecule has 0 unspecified atom stereocenters. The van der Waals surface area contributed by atoms with Crippen LogP contribution in [0.2, 0.25) is 0 Å². The van der Waals surface area contributed by atoms with E-state index >= 15 is 0 Å². The van der Waals surface area contributed by atoms with Gasteiger partial charge < -0.3 is 5.11 Å². The van der Waals surface area contributed by atoms with Gasteiger partial charge in [0.1, 0.15) is 0 Å². The van der Waals surface area contributed by atoms with Crippen LogP contribution in [-0.4, -0.2) is 20.9 Å². The molecule has 0 bridgehead atoms. The van der Waals surface area contributed by atoms with E-state index in [0.29, 0.717) is 0 Å². The molecule has 94 valence electrons. The minimum Gasteiger partial charge on any atom is -0.477 e. The summed E-state index contributed by atoms with van der Waals surface area (Å²) >= 11 is 3.35. The van der Waals surface area contributed by atoms with Crippen LogP contribution in [0.1, 0.15) is 35.9 Å². The molecule has 1 heterocycles. The summed E-state index contributed by atoms with van der Waals surface area (Å²) in [5, 5.41) is 13.6. The average Bonchev–Trinajstić information content (AvgIpc) is 2.75. The summed E-state index contributed by atoms with van der Waals surface area (Å²) in [6, 6.07) is 8.99. The van der Waals surface area contributed by atoms with Gasteiger partial charge in [0.05, 0.1) is 11.4 Å². The van der Waals surface area contributed by atoms with Crippen molar-refractivity contribution in [2.75, 3.05) is 0 Å². The lowest BCUT2D eigenvalue weighted by molar-refractivity contribution is 0.0687. The monoisotopic (exact) mass is 308 g/mol. The number of hydrogen-bond donors (Lipinski definition) is 1. The van der Waals surface area contributed by atoms with Crippen molar-refractivity contribution in [3.05, 3.63) is 46.2 Å². The van der Waals surface area contributed by atoms with Crippen LogP contribution in [0.5, 0.6) is 0 Å². The van der Waals surface area contributed by atoms with Crippen LogP contribution in [0.3, 0.4) is 0 Å². The van der Waals surface area contributed by atoms with Gasteiger partial charge in [0.25, 0.3) is 0 Å². The third kappa shape index (κ3) is 2.46. The normalized spacial score (nSPS) is 10.9. The van der Waals surface area contributed by atoms with Crippen LogP contribution in [0, 0.1) is 0 Å². The largest absolute Gasteiger partial charge is 0.477 e. The van der Waals surface area contributed by atoms with Crippen molar-refractivity contribution >= 4 is 21.9 Å². The molecule has 2 rings (SSSR count). The molecule has 5 heteroatoms. The summed E-state index contributed by atoms with van der Waals surface area (Å²) in [5.74, 6) is -0.780. The minimum atomic E-state index is -0.975. The van der Waals surface area contributed by atoms with Gasteiger partial charge in [0, 0.05) is 4.47 Å². The first-order valence-corrected chi connectivity index (χ1v) is 6.37. The number of benzene rings is 1. The molecule has 0 aliphatic rings. The average molecular weight is 309 g/mol. The summed E-state index contributed by atoms with van der Waals surface area (Å²) in [6.45, 7) is 3.97. The number of nitrogens with zero attached hydrogens (tertiary/aromatic N) is 2. The van der Waals surface area contributed by atoms with Gasteiger partial charge in [-0.25, -0.2) is 9.48 Å². The molecule has 2 aromatic rings. The Balaban J connectivity index is 2.55. The van der Waals surface area contributed by atoms with Gasteiger partial charge in [0.15, 0.2) is 5.69 Å². The summed E-state index contributed by atoms with van der Waals surface area (Å²) < 4.78 is 2.41. The molecule has 0 saturated heterocycles. The van der Waals surface area contributed by atoms with Crippen molar-refractivity contribution in [2.24, 2.45) is 0 Å². The molecule has 4 nitrogen and oxygen atoms in total. The van der Waals surface area contributed by atoms with E-state index in [4.69, 9.17) is 0 Å². The van der Waals surface area contributed by atoms with Crippen LogP contribution in [0.15, 0.2) is 34.8 Å². The highest BCUT2D eigenvalue weighted by Gasteiger charge is 2.16. The Labute approximate surface area is 113 Å². The Kier molecular flexibility index (Phi) is 3.52. The number of hydrogen-bond acceptors (Lipinski definition) is 2. The number of carbonyl (C=O) groups is 1. The Bertz CT molecular complexity index is 573. The summed E-state index contributed by atoms with van der Waals surface area (Å²) in [5.41, 5.74) is 1.69. The van der Waals surface area contributed by atoms with Gasteiger partial charge in [-0.15, -0.1) is 0 Å². The Morgan fingerprint density at radius 3 is 2.44 bits per heavy atom. The van der Waals surface area contributed by atoms with Crippen LogP contribution < -0.4 is 0 Å². The van der Waals surface area contributed by atoms with Crippen LogP contribution >= 0.6 is 15.9 Å². The second-order valence-corrected chi connectivity index (χ2v) is 5.22. The van der Waals surface area contributed by atoms with Gasteiger partial charge in [-0.1, -0.05) is 29.8 Å². The highest BCUT2D eigenvalue weighted by Crippen LogP contribution is 2.20. The molecule has 0 amide bonds. The molecule has 18 heavy (non-hydrogen) atoms. The minimum absolute atomic E-state index is 0.182. The highest BCUT2D eigenvalue weighted by atomic mass is 79.9. The summed E-state index contributed by atoms with van der Waals surface area (Å²) in [7, 11) is 0. The van der Waals surface area contributed by atoms with Crippen molar-refractivity contribution in [3.63, 3.8) is 0 Å². The molecule has 1 aromatic heterocycles. The number of aromatic carboxylic acids is 1. The van der Waals surface area contributed by atoms with E-state index in [-0.39, 0.29) is 11.6 Å². The van der Waals surface area contributed by atoms with E-state index in [1.807, 2.05) is 38.1 Å². The molecular weight excluding hydrogens is 296 g/mol. The number of halogens is 1. The second kappa shape index (κ2) is 4.94. The van der Waals surface area contributed by atoms with Crippen LogP contribution in [0.4, 0.5) is 0 Å². The lowest BCUT2D eigenvalue weighted by Gasteiger charge is -2.04.